The van der Waals surface area contributed by atoms with Crippen molar-refractivity contribution in [1.82, 2.24) is 14.5 Å². The van der Waals surface area contributed by atoms with E-state index in [4.69, 9.17) is 9.47 Å². The second-order valence-corrected chi connectivity index (χ2v) is 10.6. The molecule has 3 heterocycles. The molecule has 8 nitrogen and oxygen atoms in total. The van der Waals surface area contributed by atoms with Gasteiger partial charge in [0.2, 0.25) is 15.9 Å². The predicted molar refractivity (Wildman–Crippen MR) is 124 cm³/mol. The summed E-state index contributed by atoms with van der Waals surface area (Å²) in [6.07, 6.45) is 6.51. The summed E-state index contributed by atoms with van der Waals surface area (Å²) >= 11 is 0. The highest BCUT2D eigenvalue weighted by atomic mass is 32.2. The van der Waals surface area contributed by atoms with Crippen LogP contribution in [0.4, 0.5) is 5.82 Å². The molecule has 0 aliphatic carbocycles. The summed E-state index contributed by atoms with van der Waals surface area (Å²) in [6, 6.07) is 9.85. The molecule has 2 aromatic rings. The van der Waals surface area contributed by atoms with Gasteiger partial charge in [-0.2, -0.15) is 4.31 Å². The number of anilines is 1. The van der Waals surface area contributed by atoms with Gasteiger partial charge in [0, 0.05) is 32.2 Å². The molecule has 0 radical (unpaired) electrons. The van der Waals surface area contributed by atoms with Crippen molar-refractivity contribution in [3.8, 4) is 11.6 Å². The van der Waals surface area contributed by atoms with Crippen LogP contribution >= 0.6 is 0 Å². The van der Waals surface area contributed by atoms with Crippen molar-refractivity contribution in [2.45, 2.75) is 38.6 Å². The molecule has 0 amide bonds. The van der Waals surface area contributed by atoms with Crippen LogP contribution in [-0.4, -0.2) is 62.5 Å². The van der Waals surface area contributed by atoms with Gasteiger partial charge in [0.25, 0.3) is 0 Å². The van der Waals surface area contributed by atoms with Crippen molar-refractivity contribution in [3.63, 3.8) is 0 Å². The molecular formula is C23H32N4O4S. The number of piperidine rings is 1. The first kappa shape index (κ1) is 22.8. The minimum Gasteiger partial charge on any atom is -0.494 e. The molecule has 0 bridgehead atoms. The normalized spacial score (nSPS) is 17.8. The fraction of sp³-hybridized carbons (Fsp3) is 0.565. The molecule has 1 fully saturated rings. The predicted octanol–water partition coefficient (Wildman–Crippen LogP) is 2.88. The molecule has 0 N–H and O–H groups in total. The van der Waals surface area contributed by atoms with Gasteiger partial charge in [0.05, 0.1) is 20.0 Å². The van der Waals surface area contributed by atoms with Crippen LogP contribution in [0.5, 0.6) is 11.6 Å². The molecule has 0 atom stereocenters. The van der Waals surface area contributed by atoms with E-state index in [-0.39, 0.29) is 0 Å². The summed E-state index contributed by atoms with van der Waals surface area (Å²) in [6.45, 7) is 3.70. The summed E-state index contributed by atoms with van der Waals surface area (Å²) in [5.74, 6) is 3.05. The number of methoxy groups -OCH3 is 1. The number of nitrogens with zero attached hydrogens (tertiary/aromatic N) is 4. The molecule has 0 saturated carbocycles. The molecule has 1 aromatic carbocycles. The first-order chi connectivity index (χ1) is 15.4. The monoisotopic (exact) mass is 460 g/mol. The Morgan fingerprint density at radius 1 is 1.06 bits per heavy atom. The highest BCUT2D eigenvalue weighted by molar-refractivity contribution is 7.88. The van der Waals surface area contributed by atoms with Gasteiger partial charge in [-0.1, -0.05) is 6.07 Å². The number of ether oxygens (including phenoxy) is 2. The van der Waals surface area contributed by atoms with Crippen LogP contribution in [0.3, 0.4) is 0 Å². The van der Waals surface area contributed by atoms with Gasteiger partial charge in [0.15, 0.2) is 5.82 Å². The second kappa shape index (κ2) is 10.0. The number of sulfonamides is 1. The SMILES string of the molecule is COc1ccc(N2CCC(CCCOc3ccc4c(c3)CCN(S(C)(=O)=O)C4)CC2)nn1. The van der Waals surface area contributed by atoms with Crippen molar-refractivity contribution in [1.29, 1.82) is 0 Å². The van der Waals surface area contributed by atoms with Crippen LogP contribution in [0.2, 0.25) is 0 Å². The van der Waals surface area contributed by atoms with E-state index in [9.17, 15) is 8.42 Å². The molecule has 0 spiro atoms. The highest BCUT2D eigenvalue weighted by Crippen LogP contribution is 2.27. The first-order valence-electron chi connectivity index (χ1n) is 11.2. The van der Waals surface area contributed by atoms with E-state index in [0.29, 0.717) is 31.5 Å². The maximum absolute atomic E-state index is 11.8. The first-order valence-corrected chi connectivity index (χ1v) is 13.1. The Bertz CT molecular complexity index is 1010. The van der Waals surface area contributed by atoms with Crippen LogP contribution in [-0.2, 0) is 23.0 Å². The topological polar surface area (TPSA) is 84.9 Å². The summed E-state index contributed by atoms with van der Waals surface area (Å²) in [4.78, 5) is 2.29. The number of rotatable bonds is 8. The van der Waals surface area contributed by atoms with Crippen molar-refractivity contribution >= 4 is 15.8 Å². The van der Waals surface area contributed by atoms with E-state index < -0.39 is 10.0 Å². The molecule has 1 saturated heterocycles. The standard InChI is InChI=1S/C23H32N4O4S/c1-30-23-8-7-22(24-25-23)26-12-9-18(10-13-26)4-3-15-31-21-6-5-20-17-27(32(2,28)29)14-11-19(20)16-21/h5-8,16,18H,3-4,9-15,17H2,1-2H3. The van der Waals surface area contributed by atoms with Gasteiger partial charge in [-0.3, -0.25) is 0 Å². The van der Waals surface area contributed by atoms with E-state index in [2.05, 4.69) is 21.2 Å². The molecule has 2 aliphatic heterocycles. The number of hydrogen-bond donors (Lipinski definition) is 0. The lowest BCUT2D eigenvalue weighted by atomic mass is 9.92. The van der Waals surface area contributed by atoms with Gasteiger partial charge in [0.1, 0.15) is 5.75 Å². The smallest absolute Gasteiger partial charge is 0.233 e. The maximum Gasteiger partial charge on any atom is 0.233 e. The van der Waals surface area contributed by atoms with Gasteiger partial charge >= 0.3 is 0 Å². The molecule has 2 aliphatic rings. The van der Waals surface area contributed by atoms with E-state index in [1.165, 1.54) is 16.1 Å². The summed E-state index contributed by atoms with van der Waals surface area (Å²) in [5, 5.41) is 8.31. The van der Waals surface area contributed by atoms with Crippen molar-refractivity contribution < 1.29 is 17.9 Å². The lowest BCUT2D eigenvalue weighted by molar-refractivity contribution is 0.278. The van der Waals surface area contributed by atoms with E-state index in [0.717, 1.165) is 62.3 Å². The van der Waals surface area contributed by atoms with Crippen molar-refractivity contribution in [2.24, 2.45) is 5.92 Å². The summed E-state index contributed by atoms with van der Waals surface area (Å²) in [7, 11) is -1.55. The second-order valence-electron chi connectivity index (χ2n) is 8.63. The fourth-order valence-electron chi connectivity index (χ4n) is 4.48. The van der Waals surface area contributed by atoms with Gasteiger partial charge in [-0.15, -0.1) is 10.2 Å². The summed E-state index contributed by atoms with van der Waals surface area (Å²) in [5.41, 5.74) is 2.26. The van der Waals surface area contributed by atoms with Crippen LogP contribution in [0.25, 0.3) is 0 Å². The largest absolute Gasteiger partial charge is 0.494 e. The zero-order valence-corrected chi connectivity index (χ0v) is 19.7. The Labute approximate surface area is 190 Å². The number of aromatic nitrogens is 2. The molecule has 32 heavy (non-hydrogen) atoms. The third-order valence-corrected chi connectivity index (χ3v) is 7.67. The molecule has 4 rings (SSSR count). The lowest BCUT2D eigenvalue weighted by Crippen LogP contribution is -2.35. The number of benzene rings is 1. The Morgan fingerprint density at radius 3 is 2.56 bits per heavy atom. The Morgan fingerprint density at radius 2 is 1.88 bits per heavy atom. The summed E-state index contributed by atoms with van der Waals surface area (Å²) < 4.78 is 36.1. The average molecular weight is 461 g/mol. The third-order valence-electron chi connectivity index (χ3n) is 6.42. The Balaban J connectivity index is 1.18. The zero-order chi connectivity index (χ0) is 22.6. The third kappa shape index (κ3) is 5.69. The number of hydrogen-bond acceptors (Lipinski definition) is 7. The lowest BCUT2D eigenvalue weighted by Gasteiger charge is -2.32. The van der Waals surface area contributed by atoms with E-state index in [1.54, 1.807) is 7.11 Å². The minimum absolute atomic E-state index is 0.454. The number of fused-ring (bicyclic) bond motifs is 1. The van der Waals surface area contributed by atoms with Gasteiger partial charge < -0.3 is 14.4 Å². The Kier molecular flexibility index (Phi) is 7.15. The van der Waals surface area contributed by atoms with Crippen molar-refractivity contribution in [3.05, 3.63) is 41.5 Å². The average Bonchev–Trinajstić information content (AvgIpc) is 2.81. The highest BCUT2D eigenvalue weighted by Gasteiger charge is 2.23. The quantitative estimate of drug-likeness (QED) is 0.560. The molecular weight excluding hydrogens is 428 g/mol. The van der Waals surface area contributed by atoms with Crippen LogP contribution in [0.15, 0.2) is 30.3 Å². The molecule has 174 valence electrons. The molecule has 1 aromatic heterocycles. The molecule has 0 unspecified atom stereocenters. The van der Waals surface area contributed by atoms with Crippen molar-refractivity contribution in [2.75, 3.05) is 44.5 Å². The Hall–Kier alpha value is -2.39. The van der Waals surface area contributed by atoms with Gasteiger partial charge in [-0.05, 0) is 67.3 Å². The van der Waals surface area contributed by atoms with Crippen LogP contribution in [0.1, 0.15) is 36.8 Å². The maximum atomic E-state index is 11.8. The van der Waals surface area contributed by atoms with Gasteiger partial charge in [-0.25, -0.2) is 8.42 Å². The van der Waals surface area contributed by atoms with E-state index in [1.807, 2.05) is 24.3 Å². The van der Waals surface area contributed by atoms with E-state index >= 15 is 0 Å². The zero-order valence-electron chi connectivity index (χ0n) is 18.9. The molecule has 9 heteroatoms. The minimum atomic E-state index is -3.14. The fourth-order valence-corrected chi connectivity index (χ4v) is 5.28. The van der Waals surface area contributed by atoms with Crippen LogP contribution < -0.4 is 14.4 Å². The van der Waals surface area contributed by atoms with Crippen LogP contribution in [0, 0.1) is 5.92 Å².